The summed E-state index contributed by atoms with van der Waals surface area (Å²) in [5.74, 6) is 0.517. The Labute approximate surface area is 299 Å². The van der Waals surface area contributed by atoms with Crippen LogP contribution in [0.5, 0.6) is 0 Å². The van der Waals surface area contributed by atoms with Gasteiger partial charge in [-0.1, -0.05) is 60.6 Å². The van der Waals surface area contributed by atoms with Gasteiger partial charge in [-0.15, -0.1) is 0 Å². The molecule has 0 aromatic heterocycles. The molecule has 5 saturated carbocycles. The van der Waals surface area contributed by atoms with Gasteiger partial charge in [-0.25, -0.2) is 4.39 Å². The molecule has 3 unspecified atom stereocenters. The van der Waals surface area contributed by atoms with Gasteiger partial charge in [0.05, 0.1) is 18.3 Å². The van der Waals surface area contributed by atoms with E-state index in [0.717, 1.165) is 64.2 Å². The van der Waals surface area contributed by atoms with Gasteiger partial charge in [0, 0.05) is 11.1 Å². The van der Waals surface area contributed by atoms with E-state index in [-0.39, 0.29) is 64.2 Å². The maximum atomic E-state index is 14.4. The monoisotopic (exact) mass is 691 g/mol. The molecular formula is C43H62FNO5. The van der Waals surface area contributed by atoms with Crippen molar-refractivity contribution in [2.24, 2.45) is 62.1 Å². The van der Waals surface area contributed by atoms with Crippen LogP contribution in [0, 0.1) is 67.9 Å². The van der Waals surface area contributed by atoms with E-state index in [0.29, 0.717) is 29.4 Å². The third-order valence-corrected chi connectivity index (χ3v) is 16.1. The van der Waals surface area contributed by atoms with E-state index >= 15 is 0 Å². The Morgan fingerprint density at radius 2 is 1.56 bits per heavy atom. The number of allylic oxidation sites excluding steroid dienone is 1. The average molecular weight is 692 g/mol. The molecule has 6 nitrogen and oxygen atoms in total. The van der Waals surface area contributed by atoms with E-state index in [1.807, 2.05) is 13.8 Å². The van der Waals surface area contributed by atoms with Gasteiger partial charge in [-0.05, 0) is 147 Å². The van der Waals surface area contributed by atoms with Crippen molar-refractivity contribution in [3.8, 4) is 0 Å². The molecule has 276 valence electrons. The standard InChI is InChI=1S/C43H62FNO5/c1-26(2)29-16-21-43(37(49)45-28-12-10-27(44)11-13-28)23-22-41(8)30(36(29)43)14-15-32-40(7)19-18-33(39(5,6)31(40)17-20-42(32,41)9)50-35(48)25-38(3,4)24-34(46)47/h10-13,29-33,36H,1,14-25H2,2-9H3,(H,45,49)(H,46,47)/t29-,30+,31?,32?,33-,36?,40-,41+,42+,43-/m0/s1. The largest absolute Gasteiger partial charge is 0.481 e. The molecule has 1 amide bonds. The fourth-order valence-corrected chi connectivity index (χ4v) is 13.6. The lowest BCUT2D eigenvalue weighted by Gasteiger charge is -2.72. The minimum absolute atomic E-state index is 0.0646. The summed E-state index contributed by atoms with van der Waals surface area (Å²) < 4.78 is 20.0. The number of hydrogen-bond acceptors (Lipinski definition) is 4. The second-order valence-corrected chi connectivity index (χ2v) is 19.6. The number of amides is 1. The number of esters is 1. The number of hydrogen-bond donors (Lipinski definition) is 2. The van der Waals surface area contributed by atoms with Gasteiger partial charge in [0.25, 0.3) is 0 Å². The molecule has 6 rings (SSSR count). The molecule has 5 aliphatic carbocycles. The number of aliphatic carboxylic acids is 1. The highest BCUT2D eigenvalue weighted by molar-refractivity contribution is 5.96. The number of anilines is 1. The zero-order valence-electron chi connectivity index (χ0n) is 31.9. The van der Waals surface area contributed by atoms with E-state index in [9.17, 15) is 23.9 Å². The smallest absolute Gasteiger partial charge is 0.306 e. The molecule has 0 bridgehead atoms. The number of carboxylic acids is 1. The number of rotatable bonds is 8. The van der Waals surface area contributed by atoms with Crippen molar-refractivity contribution in [2.75, 3.05) is 5.32 Å². The van der Waals surface area contributed by atoms with Crippen LogP contribution in [0.25, 0.3) is 0 Å². The van der Waals surface area contributed by atoms with Gasteiger partial charge < -0.3 is 15.2 Å². The lowest BCUT2D eigenvalue weighted by atomic mass is 9.32. The third kappa shape index (κ3) is 5.75. The molecule has 1 aromatic carbocycles. The van der Waals surface area contributed by atoms with Crippen LogP contribution >= 0.6 is 0 Å². The van der Waals surface area contributed by atoms with E-state index in [1.54, 1.807) is 12.1 Å². The summed E-state index contributed by atoms with van der Waals surface area (Å²) in [6, 6.07) is 6.16. The maximum Gasteiger partial charge on any atom is 0.306 e. The van der Waals surface area contributed by atoms with Crippen molar-refractivity contribution in [3.63, 3.8) is 0 Å². The second-order valence-electron chi connectivity index (χ2n) is 19.6. The SMILES string of the molecule is C=C(C)[C@@H]1CC[C@]2(C(=O)Nc3ccc(F)cc3)CC[C@]3(C)[C@H](CCC4[C@@]5(C)CC[C@H](OC(=O)CC(C)(C)CC(=O)O)C(C)(C)C5CC[C@]43C)C12. The first-order valence-corrected chi connectivity index (χ1v) is 19.3. The summed E-state index contributed by atoms with van der Waals surface area (Å²) >= 11 is 0. The van der Waals surface area contributed by atoms with E-state index in [1.165, 1.54) is 17.7 Å². The predicted octanol–water partition coefficient (Wildman–Crippen LogP) is 10.2. The van der Waals surface area contributed by atoms with Crippen LogP contribution in [-0.2, 0) is 19.1 Å². The number of benzene rings is 1. The van der Waals surface area contributed by atoms with Gasteiger partial charge in [-0.3, -0.25) is 14.4 Å². The van der Waals surface area contributed by atoms with Crippen LogP contribution in [0.15, 0.2) is 36.4 Å². The zero-order chi connectivity index (χ0) is 36.7. The lowest BCUT2D eigenvalue weighted by Crippen LogP contribution is -2.67. The quantitative estimate of drug-likeness (QED) is 0.209. The average Bonchev–Trinajstić information content (AvgIpc) is 3.41. The number of carboxylic acid groups (broad SMARTS) is 1. The number of nitrogens with one attached hydrogen (secondary N) is 1. The number of halogens is 1. The Hall–Kier alpha value is -2.70. The lowest BCUT2D eigenvalue weighted by molar-refractivity contribution is -0.249. The molecule has 2 N–H and O–H groups in total. The summed E-state index contributed by atoms with van der Waals surface area (Å²) in [6.45, 7) is 22.6. The summed E-state index contributed by atoms with van der Waals surface area (Å²) in [4.78, 5) is 39.0. The molecule has 1 aromatic rings. The number of ether oxygens (including phenoxy) is 1. The first-order chi connectivity index (χ1) is 23.2. The Kier molecular flexibility index (Phi) is 9.24. The summed E-state index contributed by atoms with van der Waals surface area (Å²) in [6.07, 6.45) is 9.90. The van der Waals surface area contributed by atoms with Crippen LogP contribution in [0.1, 0.15) is 132 Å². The Morgan fingerprint density at radius 1 is 0.880 bits per heavy atom. The molecule has 0 spiro atoms. The molecule has 7 heteroatoms. The topological polar surface area (TPSA) is 92.7 Å². The van der Waals surface area contributed by atoms with Crippen molar-refractivity contribution in [2.45, 2.75) is 139 Å². The van der Waals surface area contributed by atoms with Crippen LogP contribution < -0.4 is 5.32 Å². The highest BCUT2D eigenvalue weighted by Gasteiger charge is 2.72. The number of carbonyl (C=O) groups excluding carboxylic acids is 2. The second kappa shape index (κ2) is 12.5. The maximum absolute atomic E-state index is 14.4. The van der Waals surface area contributed by atoms with Gasteiger partial charge in [0.1, 0.15) is 11.9 Å². The van der Waals surface area contributed by atoms with Crippen molar-refractivity contribution in [1.82, 2.24) is 0 Å². The molecule has 5 aliphatic rings. The minimum Gasteiger partial charge on any atom is -0.481 e. The molecule has 0 heterocycles. The first-order valence-electron chi connectivity index (χ1n) is 19.3. The zero-order valence-corrected chi connectivity index (χ0v) is 31.9. The van der Waals surface area contributed by atoms with E-state index in [4.69, 9.17) is 4.74 Å². The van der Waals surface area contributed by atoms with Crippen LogP contribution in [0.2, 0.25) is 0 Å². The minimum atomic E-state index is -0.898. The fourth-order valence-electron chi connectivity index (χ4n) is 13.6. The first kappa shape index (κ1) is 37.1. The molecule has 0 aliphatic heterocycles. The van der Waals surface area contributed by atoms with Crippen molar-refractivity contribution in [3.05, 3.63) is 42.2 Å². The van der Waals surface area contributed by atoms with Gasteiger partial charge in [0.2, 0.25) is 5.91 Å². The van der Waals surface area contributed by atoms with Crippen molar-refractivity contribution < 1.29 is 28.6 Å². The normalized spacial score (nSPS) is 40.3. The molecule has 10 atom stereocenters. The molecule has 50 heavy (non-hydrogen) atoms. The number of carbonyl (C=O) groups is 3. The molecular weight excluding hydrogens is 629 g/mol. The predicted molar refractivity (Wildman–Crippen MR) is 195 cm³/mol. The van der Waals surface area contributed by atoms with Crippen LogP contribution in [0.3, 0.4) is 0 Å². The summed E-state index contributed by atoms with van der Waals surface area (Å²) in [5.41, 5.74) is 0.849. The third-order valence-electron chi connectivity index (χ3n) is 16.1. The highest BCUT2D eigenvalue weighted by Crippen LogP contribution is 2.77. The Morgan fingerprint density at radius 3 is 2.20 bits per heavy atom. The summed E-state index contributed by atoms with van der Waals surface area (Å²) in [5, 5.41) is 12.6. The molecule has 0 saturated heterocycles. The molecule has 5 fully saturated rings. The number of fused-ring (bicyclic) bond motifs is 7. The highest BCUT2D eigenvalue weighted by atomic mass is 19.1. The van der Waals surface area contributed by atoms with E-state index < -0.39 is 16.8 Å². The Bertz CT molecular complexity index is 1530. The molecule has 0 radical (unpaired) electrons. The van der Waals surface area contributed by atoms with Crippen LogP contribution in [-0.4, -0.2) is 29.1 Å². The summed E-state index contributed by atoms with van der Waals surface area (Å²) in [7, 11) is 0. The van der Waals surface area contributed by atoms with Crippen LogP contribution in [0.4, 0.5) is 10.1 Å². The van der Waals surface area contributed by atoms with Crippen molar-refractivity contribution in [1.29, 1.82) is 0 Å². The van der Waals surface area contributed by atoms with E-state index in [2.05, 4.69) is 53.4 Å². The fraction of sp³-hybridized carbons (Fsp3) is 0.744. The van der Waals surface area contributed by atoms with Gasteiger partial charge in [0.15, 0.2) is 0 Å². The van der Waals surface area contributed by atoms with Gasteiger partial charge in [-0.2, -0.15) is 0 Å². The van der Waals surface area contributed by atoms with Gasteiger partial charge >= 0.3 is 11.9 Å². The van der Waals surface area contributed by atoms with Crippen molar-refractivity contribution >= 4 is 23.5 Å². The Balaban J connectivity index is 1.25.